The first-order valence-electron chi connectivity index (χ1n) is 6.54. The van der Waals surface area contributed by atoms with Crippen molar-refractivity contribution in [1.82, 2.24) is 5.32 Å². The molecule has 0 saturated heterocycles. The quantitative estimate of drug-likeness (QED) is 0.812. The second-order valence-electron chi connectivity index (χ2n) is 4.69. The van der Waals surface area contributed by atoms with Crippen LogP contribution in [0.15, 0.2) is 24.3 Å². The molecule has 1 heterocycles. The van der Waals surface area contributed by atoms with Crippen molar-refractivity contribution in [1.29, 1.82) is 0 Å². The van der Waals surface area contributed by atoms with Gasteiger partial charge in [0.15, 0.2) is 0 Å². The first-order valence-corrected chi connectivity index (χ1v) is 6.54. The third kappa shape index (κ3) is 3.52. The monoisotopic (exact) mass is 284 g/mol. The normalized spacial score (nSPS) is 18.5. The molecular weight excluding hydrogens is 266 g/mol. The number of fused-ring (bicyclic) bond motifs is 1. The lowest BCUT2D eigenvalue weighted by Crippen LogP contribution is -2.38. The van der Waals surface area contributed by atoms with E-state index in [1.807, 2.05) is 24.3 Å². The lowest BCUT2D eigenvalue weighted by molar-refractivity contribution is -0.119. The summed E-state index contributed by atoms with van der Waals surface area (Å²) in [6.07, 6.45) is -2.08. The Morgan fingerprint density at radius 2 is 2.20 bits per heavy atom. The molecule has 1 aliphatic heterocycles. The summed E-state index contributed by atoms with van der Waals surface area (Å²) in [5.41, 5.74) is 1.93. The van der Waals surface area contributed by atoms with Gasteiger partial charge in [-0.05, 0) is 11.6 Å². The third-order valence-electron chi connectivity index (χ3n) is 3.31. The molecule has 1 unspecified atom stereocenters. The molecule has 0 fully saturated rings. The fourth-order valence-electron chi connectivity index (χ4n) is 2.30. The molecule has 1 N–H and O–H groups in total. The minimum atomic E-state index is -2.44. The Morgan fingerprint density at radius 3 is 2.95 bits per heavy atom. The standard InChI is InChI=1S/C14H18F2N2O2/c1-18-12-5-3-2-4-10(12)11(8-14(18)19)17-6-7-20-9-13(15)16/h2-5,11,13,17H,6-9H2,1H3. The molecular formula is C14H18F2N2O2. The maximum Gasteiger partial charge on any atom is 0.261 e. The SMILES string of the molecule is CN1C(=O)CC(NCCOCC(F)F)c2ccccc21. The smallest absolute Gasteiger partial charge is 0.261 e. The van der Waals surface area contributed by atoms with Gasteiger partial charge < -0.3 is 15.0 Å². The molecule has 0 aliphatic carbocycles. The van der Waals surface area contributed by atoms with Crippen molar-refractivity contribution in [2.24, 2.45) is 0 Å². The number of nitrogens with zero attached hydrogens (tertiary/aromatic N) is 1. The van der Waals surface area contributed by atoms with Gasteiger partial charge >= 0.3 is 0 Å². The van der Waals surface area contributed by atoms with Crippen molar-refractivity contribution < 1.29 is 18.3 Å². The van der Waals surface area contributed by atoms with Gasteiger partial charge in [0, 0.05) is 31.7 Å². The van der Waals surface area contributed by atoms with Gasteiger partial charge in [0.2, 0.25) is 5.91 Å². The van der Waals surface area contributed by atoms with Crippen molar-refractivity contribution in [2.75, 3.05) is 31.7 Å². The third-order valence-corrected chi connectivity index (χ3v) is 3.31. The van der Waals surface area contributed by atoms with Crippen LogP contribution in [0, 0.1) is 0 Å². The summed E-state index contributed by atoms with van der Waals surface area (Å²) in [6.45, 7) is 0.0837. The van der Waals surface area contributed by atoms with E-state index in [0.717, 1.165) is 11.3 Å². The van der Waals surface area contributed by atoms with Crippen LogP contribution in [-0.2, 0) is 9.53 Å². The molecule has 1 aromatic rings. The molecule has 1 atom stereocenters. The van der Waals surface area contributed by atoms with Crippen LogP contribution in [0.1, 0.15) is 18.0 Å². The van der Waals surface area contributed by atoms with E-state index in [9.17, 15) is 13.6 Å². The maximum atomic E-state index is 11.9. The highest BCUT2D eigenvalue weighted by molar-refractivity contribution is 5.96. The molecule has 1 amide bonds. The van der Waals surface area contributed by atoms with Gasteiger partial charge in [0.1, 0.15) is 6.61 Å². The maximum absolute atomic E-state index is 11.9. The number of amides is 1. The summed E-state index contributed by atoms with van der Waals surface area (Å²) < 4.78 is 28.6. The van der Waals surface area contributed by atoms with Crippen LogP contribution in [-0.4, -0.2) is 39.1 Å². The minimum absolute atomic E-state index is 0.0368. The molecule has 0 aromatic heterocycles. The van der Waals surface area contributed by atoms with E-state index in [-0.39, 0.29) is 18.6 Å². The van der Waals surface area contributed by atoms with E-state index in [4.69, 9.17) is 4.74 Å². The number of hydrogen-bond acceptors (Lipinski definition) is 3. The molecule has 0 radical (unpaired) electrons. The zero-order valence-electron chi connectivity index (χ0n) is 11.3. The van der Waals surface area contributed by atoms with Crippen LogP contribution >= 0.6 is 0 Å². The zero-order chi connectivity index (χ0) is 14.5. The van der Waals surface area contributed by atoms with Crippen molar-refractivity contribution >= 4 is 11.6 Å². The van der Waals surface area contributed by atoms with Crippen LogP contribution < -0.4 is 10.2 Å². The Kier molecular flexibility index (Phi) is 5.03. The Labute approximate surface area is 116 Å². The number of carbonyl (C=O) groups is 1. The summed E-state index contributed by atoms with van der Waals surface area (Å²) in [5.74, 6) is 0.0368. The number of alkyl halides is 2. The number of para-hydroxylation sites is 1. The Hall–Kier alpha value is -1.53. The molecule has 110 valence electrons. The van der Waals surface area contributed by atoms with E-state index in [2.05, 4.69) is 5.32 Å². The average molecular weight is 284 g/mol. The van der Waals surface area contributed by atoms with Crippen LogP contribution in [0.2, 0.25) is 0 Å². The van der Waals surface area contributed by atoms with Gasteiger partial charge in [0.05, 0.1) is 6.61 Å². The second kappa shape index (κ2) is 6.76. The number of nitrogens with one attached hydrogen (secondary N) is 1. The van der Waals surface area contributed by atoms with E-state index < -0.39 is 13.0 Å². The zero-order valence-corrected chi connectivity index (χ0v) is 11.3. The fraction of sp³-hybridized carbons (Fsp3) is 0.500. The number of ether oxygens (including phenoxy) is 1. The molecule has 20 heavy (non-hydrogen) atoms. The highest BCUT2D eigenvalue weighted by atomic mass is 19.3. The van der Waals surface area contributed by atoms with E-state index in [0.29, 0.717) is 13.0 Å². The van der Waals surface area contributed by atoms with Gasteiger partial charge in [-0.15, -0.1) is 0 Å². The summed E-state index contributed by atoms with van der Waals surface area (Å²) in [6, 6.07) is 7.58. The van der Waals surface area contributed by atoms with Gasteiger partial charge in [-0.25, -0.2) is 8.78 Å². The number of benzene rings is 1. The largest absolute Gasteiger partial charge is 0.374 e. The average Bonchev–Trinajstić information content (AvgIpc) is 2.43. The van der Waals surface area contributed by atoms with Crippen LogP contribution in [0.3, 0.4) is 0 Å². The number of anilines is 1. The molecule has 1 aromatic carbocycles. The van der Waals surface area contributed by atoms with E-state index >= 15 is 0 Å². The van der Waals surface area contributed by atoms with E-state index in [1.165, 1.54) is 0 Å². The fourth-order valence-corrected chi connectivity index (χ4v) is 2.30. The van der Waals surface area contributed by atoms with Crippen molar-refractivity contribution in [3.8, 4) is 0 Å². The number of rotatable bonds is 6. The van der Waals surface area contributed by atoms with Crippen molar-refractivity contribution in [3.05, 3.63) is 29.8 Å². The molecule has 2 rings (SSSR count). The van der Waals surface area contributed by atoms with Crippen LogP contribution in [0.25, 0.3) is 0 Å². The molecule has 1 aliphatic rings. The van der Waals surface area contributed by atoms with Gasteiger partial charge in [-0.1, -0.05) is 18.2 Å². The lowest BCUT2D eigenvalue weighted by Gasteiger charge is -2.32. The summed E-state index contributed by atoms with van der Waals surface area (Å²) >= 11 is 0. The number of carbonyl (C=O) groups excluding carboxylic acids is 1. The van der Waals surface area contributed by atoms with Crippen LogP contribution in [0.5, 0.6) is 0 Å². The molecule has 0 spiro atoms. The van der Waals surface area contributed by atoms with Gasteiger partial charge in [-0.3, -0.25) is 4.79 Å². The summed E-state index contributed by atoms with van der Waals surface area (Å²) in [5, 5.41) is 3.19. The van der Waals surface area contributed by atoms with Crippen LogP contribution in [0.4, 0.5) is 14.5 Å². The van der Waals surface area contributed by atoms with Crippen molar-refractivity contribution in [2.45, 2.75) is 18.9 Å². The highest BCUT2D eigenvalue weighted by Crippen LogP contribution is 2.33. The first-order chi connectivity index (χ1) is 9.59. The molecule has 0 saturated carbocycles. The lowest BCUT2D eigenvalue weighted by atomic mass is 9.96. The number of hydrogen-bond donors (Lipinski definition) is 1. The molecule has 4 nitrogen and oxygen atoms in total. The summed E-state index contributed by atoms with van der Waals surface area (Å²) in [4.78, 5) is 13.5. The predicted octanol–water partition coefficient (Wildman–Crippen LogP) is 1.97. The van der Waals surface area contributed by atoms with Gasteiger partial charge in [0.25, 0.3) is 6.43 Å². The number of halogens is 2. The summed E-state index contributed by atoms with van der Waals surface area (Å²) in [7, 11) is 1.75. The Morgan fingerprint density at radius 1 is 1.45 bits per heavy atom. The predicted molar refractivity (Wildman–Crippen MR) is 72.0 cm³/mol. The van der Waals surface area contributed by atoms with Gasteiger partial charge in [-0.2, -0.15) is 0 Å². The minimum Gasteiger partial charge on any atom is -0.374 e. The van der Waals surface area contributed by atoms with Crippen molar-refractivity contribution in [3.63, 3.8) is 0 Å². The Bertz CT molecular complexity index is 468. The first kappa shape index (κ1) is 14.9. The highest BCUT2D eigenvalue weighted by Gasteiger charge is 2.28. The van der Waals surface area contributed by atoms with E-state index in [1.54, 1.807) is 11.9 Å². The second-order valence-corrected chi connectivity index (χ2v) is 4.69. The molecule has 6 heteroatoms. The Balaban J connectivity index is 1.92. The topological polar surface area (TPSA) is 41.6 Å². The molecule has 0 bridgehead atoms.